The van der Waals surface area contributed by atoms with Gasteiger partial charge in [-0.25, -0.2) is 0 Å². The molecule has 0 spiro atoms. The van der Waals surface area contributed by atoms with Crippen LogP contribution in [0.2, 0.25) is 0 Å². The summed E-state index contributed by atoms with van der Waals surface area (Å²) in [5.74, 6) is 0. The standard InChI is InChI=1S/C19H22N2O/c1-20-11-13-22-15-17-8-5-9-19-18(17)10-12-21(19)14-16-6-3-2-4-7-16/h2-10,12,20H,11,13-15H2,1H3. The van der Waals surface area contributed by atoms with E-state index in [0.29, 0.717) is 6.61 Å². The van der Waals surface area contributed by atoms with E-state index < -0.39 is 0 Å². The zero-order valence-electron chi connectivity index (χ0n) is 13.0. The van der Waals surface area contributed by atoms with E-state index in [2.05, 4.69) is 70.7 Å². The Morgan fingerprint density at radius 3 is 2.68 bits per heavy atom. The number of nitrogens with one attached hydrogen (secondary N) is 1. The molecule has 2 aromatic carbocycles. The molecule has 0 aliphatic rings. The predicted molar refractivity (Wildman–Crippen MR) is 91.1 cm³/mol. The minimum Gasteiger partial charge on any atom is -0.375 e. The van der Waals surface area contributed by atoms with Crippen LogP contribution in [0.5, 0.6) is 0 Å². The van der Waals surface area contributed by atoms with E-state index in [4.69, 9.17) is 4.74 Å². The molecule has 0 amide bonds. The number of hydrogen-bond acceptors (Lipinski definition) is 2. The van der Waals surface area contributed by atoms with Gasteiger partial charge in [0, 0.05) is 30.2 Å². The second-order valence-corrected chi connectivity index (χ2v) is 5.44. The fraction of sp³-hybridized carbons (Fsp3) is 0.263. The molecule has 1 aromatic heterocycles. The number of benzene rings is 2. The van der Waals surface area contributed by atoms with E-state index in [0.717, 1.165) is 19.7 Å². The third-order valence-electron chi connectivity index (χ3n) is 3.85. The van der Waals surface area contributed by atoms with Crippen LogP contribution in [0.15, 0.2) is 60.8 Å². The number of fused-ring (bicyclic) bond motifs is 1. The van der Waals surface area contributed by atoms with Crippen LogP contribution in [0.3, 0.4) is 0 Å². The summed E-state index contributed by atoms with van der Waals surface area (Å²) in [5.41, 5.74) is 3.83. The zero-order chi connectivity index (χ0) is 15.2. The van der Waals surface area contributed by atoms with Crippen LogP contribution in [-0.2, 0) is 17.9 Å². The Kier molecular flexibility index (Phi) is 4.88. The van der Waals surface area contributed by atoms with Gasteiger partial charge in [-0.05, 0) is 30.3 Å². The lowest BCUT2D eigenvalue weighted by Crippen LogP contribution is -2.14. The van der Waals surface area contributed by atoms with Crippen LogP contribution < -0.4 is 5.32 Å². The first-order valence-corrected chi connectivity index (χ1v) is 7.71. The van der Waals surface area contributed by atoms with E-state index in [1.165, 1.54) is 22.0 Å². The maximum atomic E-state index is 5.72. The largest absolute Gasteiger partial charge is 0.375 e. The third-order valence-corrected chi connectivity index (χ3v) is 3.85. The normalized spacial score (nSPS) is 11.1. The van der Waals surface area contributed by atoms with Crippen molar-refractivity contribution in [2.75, 3.05) is 20.2 Å². The van der Waals surface area contributed by atoms with Gasteiger partial charge in [0.25, 0.3) is 0 Å². The average molecular weight is 294 g/mol. The molecule has 0 saturated heterocycles. The fourth-order valence-corrected chi connectivity index (χ4v) is 2.69. The van der Waals surface area contributed by atoms with E-state index in [9.17, 15) is 0 Å². The van der Waals surface area contributed by atoms with Gasteiger partial charge in [-0.3, -0.25) is 0 Å². The van der Waals surface area contributed by atoms with Crippen molar-refractivity contribution in [1.82, 2.24) is 9.88 Å². The molecular weight excluding hydrogens is 272 g/mol. The van der Waals surface area contributed by atoms with Gasteiger partial charge in [0.1, 0.15) is 0 Å². The van der Waals surface area contributed by atoms with Crippen molar-refractivity contribution in [3.05, 3.63) is 71.9 Å². The lowest BCUT2D eigenvalue weighted by Gasteiger charge is -2.08. The second kappa shape index (κ2) is 7.25. The minimum atomic E-state index is 0.661. The highest BCUT2D eigenvalue weighted by Gasteiger charge is 2.06. The number of hydrogen-bond donors (Lipinski definition) is 1. The topological polar surface area (TPSA) is 26.2 Å². The molecule has 0 aliphatic heterocycles. The summed E-state index contributed by atoms with van der Waals surface area (Å²) >= 11 is 0. The van der Waals surface area contributed by atoms with Gasteiger partial charge in [-0.2, -0.15) is 0 Å². The molecule has 114 valence electrons. The summed E-state index contributed by atoms with van der Waals surface area (Å²) < 4.78 is 8.02. The Balaban J connectivity index is 1.79. The molecule has 0 aliphatic carbocycles. The maximum Gasteiger partial charge on any atom is 0.0724 e. The number of rotatable bonds is 7. The smallest absolute Gasteiger partial charge is 0.0724 e. The van der Waals surface area contributed by atoms with Crippen LogP contribution in [-0.4, -0.2) is 24.8 Å². The van der Waals surface area contributed by atoms with E-state index in [1.807, 2.05) is 7.05 Å². The van der Waals surface area contributed by atoms with Gasteiger partial charge in [0.2, 0.25) is 0 Å². The van der Waals surface area contributed by atoms with Gasteiger partial charge >= 0.3 is 0 Å². The van der Waals surface area contributed by atoms with Crippen molar-refractivity contribution in [2.24, 2.45) is 0 Å². The molecule has 0 radical (unpaired) electrons. The van der Waals surface area contributed by atoms with Gasteiger partial charge in [-0.1, -0.05) is 42.5 Å². The molecule has 1 N–H and O–H groups in total. The molecule has 1 heterocycles. The first kappa shape index (κ1) is 14.8. The number of likely N-dealkylation sites (N-methyl/N-ethyl adjacent to an activating group) is 1. The third kappa shape index (κ3) is 3.38. The van der Waals surface area contributed by atoms with Crippen LogP contribution in [0.4, 0.5) is 0 Å². The van der Waals surface area contributed by atoms with E-state index in [1.54, 1.807) is 0 Å². The second-order valence-electron chi connectivity index (χ2n) is 5.44. The van der Waals surface area contributed by atoms with Crippen LogP contribution in [0.25, 0.3) is 10.9 Å². The van der Waals surface area contributed by atoms with Gasteiger partial charge in [-0.15, -0.1) is 0 Å². The van der Waals surface area contributed by atoms with Gasteiger partial charge in [0.15, 0.2) is 0 Å². The quantitative estimate of drug-likeness (QED) is 0.676. The lowest BCUT2D eigenvalue weighted by molar-refractivity contribution is 0.125. The molecular formula is C19H22N2O. The maximum absolute atomic E-state index is 5.72. The Bertz CT molecular complexity index is 719. The van der Waals surface area contributed by atoms with E-state index >= 15 is 0 Å². The molecule has 3 rings (SSSR count). The summed E-state index contributed by atoms with van der Waals surface area (Å²) in [5, 5.41) is 4.37. The number of nitrogens with zero attached hydrogens (tertiary/aromatic N) is 1. The Hall–Kier alpha value is -2.10. The SMILES string of the molecule is CNCCOCc1cccc2c1ccn2Cc1ccccc1. The van der Waals surface area contributed by atoms with Crippen molar-refractivity contribution >= 4 is 10.9 Å². The molecule has 3 aromatic rings. The highest BCUT2D eigenvalue weighted by molar-refractivity contribution is 5.83. The number of aromatic nitrogens is 1. The van der Waals surface area contributed by atoms with Gasteiger partial charge < -0.3 is 14.6 Å². The molecule has 22 heavy (non-hydrogen) atoms. The van der Waals surface area contributed by atoms with Gasteiger partial charge in [0.05, 0.1) is 13.2 Å². The Labute approximate surface area is 131 Å². The van der Waals surface area contributed by atoms with Crippen molar-refractivity contribution in [2.45, 2.75) is 13.2 Å². The molecule has 0 saturated carbocycles. The van der Waals surface area contributed by atoms with Crippen molar-refractivity contribution < 1.29 is 4.74 Å². The molecule has 3 nitrogen and oxygen atoms in total. The first-order chi connectivity index (χ1) is 10.9. The van der Waals surface area contributed by atoms with Crippen LogP contribution in [0.1, 0.15) is 11.1 Å². The van der Waals surface area contributed by atoms with Crippen LogP contribution in [0, 0.1) is 0 Å². The van der Waals surface area contributed by atoms with Crippen molar-refractivity contribution in [3.8, 4) is 0 Å². The summed E-state index contributed by atoms with van der Waals surface area (Å²) in [4.78, 5) is 0. The Morgan fingerprint density at radius 2 is 1.86 bits per heavy atom. The molecule has 3 heteroatoms. The van der Waals surface area contributed by atoms with E-state index in [-0.39, 0.29) is 0 Å². The molecule has 0 bridgehead atoms. The number of ether oxygens (including phenoxy) is 1. The van der Waals surface area contributed by atoms with Crippen molar-refractivity contribution in [1.29, 1.82) is 0 Å². The highest BCUT2D eigenvalue weighted by atomic mass is 16.5. The summed E-state index contributed by atoms with van der Waals surface area (Å²) in [6.07, 6.45) is 2.16. The predicted octanol–water partition coefficient (Wildman–Crippen LogP) is 3.43. The highest BCUT2D eigenvalue weighted by Crippen LogP contribution is 2.22. The van der Waals surface area contributed by atoms with Crippen LogP contribution >= 0.6 is 0 Å². The molecule has 0 atom stereocenters. The summed E-state index contributed by atoms with van der Waals surface area (Å²) in [6, 6.07) is 19.2. The fourth-order valence-electron chi connectivity index (χ4n) is 2.69. The molecule has 0 fully saturated rings. The lowest BCUT2D eigenvalue weighted by atomic mass is 10.1. The first-order valence-electron chi connectivity index (χ1n) is 7.71. The summed E-state index contributed by atoms with van der Waals surface area (Å²) in [6.45, 7) is 3.17. The minimum absolute atomic E-state index is 0.661. The summed E-state index contributed by atoms with van der Waals surface area (Å²) in [7, 11) is 1.94. The average Bonchev–Trinajstić information content (AvgIpc) is 2.96. The molecule has 0 unspecified atom stereocenters. The van der Waals surface area contributed by atoms with Crippen molar-refractivity contribution in [3.63, 3.8) is 0 Å². The Morgan fingerprint density at radius 1 is 1.00 bits per heavy atom. The monoisotopic (exact) mass is 294 g/mol. The zero-order valence-corrected chi connectivity index (χ0v) is 13.0.